The van der Waals surface area contributed by atoms with Crippen LogP contribution < -0.4 is 5.32 Å². The Morgan fingerprint density at radius 1 is 1.17 bits per heavy atom. The molecular formula is C13H10N4O. The summed E-state index contributed by atoms with van der Waals surface area (Å²) in [5.74, 6) is -0.244. The van der Waals surface area contributed by atoms with Gasteiger partial charge in [-0.15, -0.1) is 0 Å². The second-order valence-electron chi connectivity index (χ2n) is 4.06. The summed E-state index contributed by atoms with van der Waals surface area (Å²) in [6.07, 6.45) is 3.44. The number of carbonyl (C=O) groups is 1. The van der Waals surface area contributed by atoms with E-state index >= 15 is 0 Å². The SMILES string of the molecule is N=NC1C(=O)Nc2ccc(-c3ccncc3)cc21. The fourth-order valence-corrected chi connectivity index (χ4v) is 2.10. The van der Waals surface area contributed by atoms with E-state index in [0.717, 1.165) is 22.4 Å². The summed E-state index contributed by atoms with van der Waals surface area (Å²) in [7, 11) is 0. The lowest BCUT2D eigenvalue weighted by molar-refractivity contribution is -0.117. The number of rotatable bonds is 2. The van der Waals surface area contributed by atoms with Gasteiger partial charge in [-0.25, -0.2) is 5.53 Å². The van der Waals surface area contributed by atoms with E-state index in [0.29, 0.717) is 0 Å². The minimum Gasteiger partial charge on any atom is -0.324 e. The number of anilines is 1. The highest BCUT2D eigenvalue weighted by Crippen LogP contribution is 2.36. The first-order valence-electron chi connectivity index (χ1n) is 5.51. The number of carbonyl (C=O) groups excluding carboxylic acids is 1. The number of aromatic nitrogens is 1. The van der Waals surface area contributed by atoms with Crippen LogP contribution in [0, 0.1) is 5.53 Å². The average molecular weight is 238 g/mol. The van der Waals surface area contributed by atoms with Gasteiger partial charge >= 0.3 is 0 Å². The molecule has 1 atom stereocenters. The summed E-state index contributed by atoms with van der Waals surface area (Å²) in [6.45, 7) is 0. The smallest absolute Gasteiger partial charge is 0.255 e. The van der Waals surface area contributed by atoms with Crippen molar-refractivity contribution < 1.29 is 4.79 Å². The molecule has 0 bridgehead atoms. The molecule has 1 aromatic carbocycles. The molecule has 5 heteroatoms. The molecule has 0 radical (unpaired) electrons. The minimum absolute atomic E-state index is 0.244. The van der Waals surface area contributed by atoms with Crippen LogP contribution in [0.4, 0.5) is 5.69 Å². The van der Waals surface area contributed by atoms with Crippen LogP contribution in [0.25, 0.3) is 11.1 Å². The van der Waals surface area contributed by atoms with Gasteiger partial charge in [0.25, 0.3) is 5.91 Å². The number of nitrogens with one attached hydrogen (secondary N) is 2. The molecule has 88 valence electrons. The van der Waals surface area contributed by atoms with Gasteiger partial charge in [0.1, 0.15) is 0 Å². The summed E-state index contributed by atoms with van der Waals surface area (Å²) in [6, 6.07) is 8.75. The van der Waals surface area contributed by atoms with E-state index in [1.54, 1.807) is 12.4 Å². The number of amides is 1. The molecular weight excluding hydrogens is 228 g/mol. The van der Waals surface area contributed by atoms with Crippen molar-refractivity contribution in [2.24, 2.45) is 5.11 Å². The Bertz CT molecular complexity index is 624. The van der Waals surface area contributed by atoms with Crippen molar-refractivity contribution in [2.45, 2.75) is 6.04 Å². The van der Waals surface area contributed by atoms with Gasteiger partial charge in [-0.2, -0.15) is 5.11 Å². The molecule has 1 unspecified atom stereocenters. The standard InChI is InChI=1S/C13H10N4O/c14-17-12-10-7-9(8-3-5-15-6-4-8)1-2-11(10)16-13(12)18/h1-7,12,14H,(H,16,18). The van der Waals surface area contributed by atoms with Gasteiger partial charge in [-0.1, -0.05) is 6.07 Å². The third kappa shape index (κ3) is 1.57. The molecule has 0 fully saturated rings. The van der Waals surface area contributed by atoms with E-state index in [2.05, 4.69) is 15.4 Å². The van der Waals surface area contributed by atoms with Crippen molar-refractivity contribution in [3.8, 4) is 11.1 Å². The van der Waals surface area contributed by atoms with Gasteiger partial charge in [0.2, 0.25) is 0 Å². The number of nitrogens with zero attached hydrogens (tertiary/aromatic N) is 2. The molecule has 0 saturated carbocycles. The lowest BCUT2D eigenvalue weighted by Gasteiger charge is -2.05. The van der Waals surface area contributed by atoms with E-state index in [1.165, 1.54) is 0 Å². The van der Waals surface area contributed by atoms with Crippen LogP contribution in [0.3, 0.4) is 0 Å². The third-order valence-corrected chi connectivity index (χ3v) is 3.00. The zero-order valence-electron chi connectivity index (χ0n) is 9.42. The van der Waals surface area contributed by atoms with E-state index < -0.39 is 6.04 Å². The van der Waals surface area contributed by atoms with E-state index in [4.69, 9.17) is 5.53 Å². The van der Waals surface area contributed by atoms with Gasteiger partial charge in [0.05, 0.1) is 0 Å². The van der Waals surface area contributed by atoms with Crippen LogP contribution in [0.1, 0.15) is 11.6 Å². The van der Waals surface area contributed by atoms with Gasteiger partial charge in [0.15, 0.2) is 6.04 Å². The third-order valence-electron chi connectivity index (χ3n) is 3.00. The Hall–Kier alpha value is -2.56. The van der Waals surface area contributed by atoms with Crippen molar-refractivity contribution in [1.29, 1.82) is 5.53 Å². The molecule has 1 aliphatic rings. The largest absolute Gasteiger partial charge is 0.324 e. The van der Waals surface area contributed by atoms with Crippen molar-refractivity contribution in [3.63, 3.8) is 0 Å². The van der Waals surface area contributed by atoms with E-state index in [9.17, 15) is 4.79 Å². The lowest BCUT2D eigenvalue weighted by Crippen LogP contribution is -2.09. The van der Waals surface area contributed by atoms with Crippen molar-refractivity contribution in [2.75, 3.05) is 5.32 Å². The molecule has 2 heterocycles. The first-order chi connectivity index (χ1) is 8.79. The second kappa shape index (κ2) is 4.03. The summed E-state index contributed by atoms with van der Waals surface area (Å²) < 4.78 is 0. The topological polar surface area (TPSA) is 78.2 Å². The van der Waals surface area contributed by atoms with Gasteiger partial charge in [-0.05, 0) is 35.4 Å². The number of fused-ring (bicyclic) bond motifs is 1. The van der Waals surface area contributed by atoms with Crippen LogP contribution in [-0.4, -0.2) is 10.9 Å². The van der Waals surface area contributed by atoms with Crippen LogP contribution in [-0.2, 0) is 4.79 Å². The Labute approximate surface area is 103 Å². The highest BCUT2D eigenvalue weighted by Gasteiger charge is 2.30. The predicted octanol–water partition coefficient (Wildman–Crippen LogP) is 2.77. The molecule has 18 heavy (non-hydrogen) atoms. The maximum Gasteiger partial charge on any atom is 0.255 e. The predicted molar refractivity (Wildman–Crippen MR) is 66.2 cm³/mol. The van der Waals surface area contributed by atoms with Crippen molar-refractivity contribution in [3.05, 3.63) is 48.3 Å². The molecule has 1 aliphatic heterocycles. The molecule has 2 N–H and O–H groups in total. The van der Waals surface area contributed by atoms with Crippen molar-refractivity contribution in [1.82, 2.24) is 4.98 Å². The van der Waals surface area contributed by atoms with E-state index in [1.807, 2.05) is 30.3 Å². The van der Waals surface area contributed by atoms with Crippen LogP contribution in [0.5, 0.6) is 0 Å². The molecule has 5 nitrogen and oxygen atoms in total. The number of hydrogen-bond donors (Lipinski definition) is 2. The Morgan fingerprint density at radius 3 is 2.67 bits per heavy atom. The van der Waals surface area contributed by atoms with E-state index in [-0.39, 0.29) is 5.91 Å². The summed E-state index contributed by atoms with van der Waals surface area (Å²) in [5.41, 5.74) is 10.6. The fraction of sp³-hybridized carbons (Fsp3) is 0.0769. The van der Waals surface area contributed by atoms with Gasteiger partial charge in [0, 0.05) is 23.6 Å². The molecule has 1 aromatic heterocycles. The number of benzene rings is 1. The Kier molecular flexibility index (Phi) is 2.37. The molecule has 1 amide bonds. The quantitative estimate of drug-likeness (QED) is 0.789. The fourth-order valence-electron chi connectivity index (χ4n) is 2.10. The van der Waals surface area contributed by atoms with Crippen LogP contribution >= 0.6 is 0 Å². The summed E-state index contributed by atoms with van der Waals surface area (Å²) >= 11 is 0. The molecule has 0 saturated heterocycles. The van der Waals surface area contributed by atoms with Crippen molar-refractivity contribution >= 4 is 11.6 Å². The maximum absolute atomic E-state index is 11.6. The molecule has 0 aliphatic carbocycles. The normalized spacial score (nSPS) is 17.1. The molecule has 3 rings (SSSR count). The van der Waals surface area contributed by atoms with Crippen LogP contribution in [0.2, 0.25) is 0 Å². The Balaban J connectivity index is 2.10. The highest BCUT2D eigenvalue weighted by atomic mass is 16.2. The maximum atomic E-state index is 11.6. The number of pyridine rings is 1. The summed E-state index contributed by atoms with van der Waals surface area (Å²) in [4.78, 5) is 15.5. The highest BCUT2D eigenvalue weighted by molar-refractivity contribution is 6.03. The first-order valence-corrected chi connectivity index (χ1v) is 5.51. The minimum atomic E-state index is -0.721. The lowest BCUT2D eigenvalue weighted by atomic mass is 10.0. The van der Waals surface area contributed by atoms with Gasteiger partial charge < -0.3 is 5.32 Å². The summed E-state index contributed by atoms with van der Waals surface area (Å²) in [5, 5.41) is 6.08. The number of hydrogen-bond acceptors (Lipinski definition) is 4. The van der Waals surface area contributed by atoms with Gasteiger partial charge in [-0.3, -0.25) is 9.78 Å². The zero-order valence-corrected chi connectivity index (χ0v) is 9.42. The first kappa shape index (κ1) is 10.6. The van der Waals surface area contributed by atoms with Crippen LogP contribution in [0.15, 0.2) is 47.8 Å². The second-order valence-corrected chi connectivity index (χ2v) is 4.06. The molecule has 0 spiro atoms. The monoisotopic (exact) mass is 238 g/mol. The zero-order chi connectivity index (χ0) is 12.5. The average Bonchev–Trinajstić information content (AvgIpc) is 2.74. The molecule has 2 aromatic rings. The Morgan fingerprint density at radius 2 is 1.94 bits per heavy atom.